The van der Waals surface area contributed by atoms with Crippen LogP contribution in [0.1, 0.15) is 18.1 Å². The summed E-state index contributed by atoms with van der Waals surface area (Å²) in [6.45, 7) is 2.04. The first-order valence-electron chi connectivity index (χ1n) is 4.74. The van der Waals surface area contributed by atoms with Gasteiger partial charge in [0.2, 0.25) is 0 Å². The fourth-order valence-corrected chi connectivity index (χ4v) is 1.37. The Labute approximate surface area is 85.1 Å². The Kier molecular flexibility index (Phi) is 4.15. The molecule has 0 saturated heterocycles. The summed E-state index contributed by atoms with van der Waals surface area (Å²) < 4.78 is 5.19. The van der Waals surface area contributed by atoms with Crippen LogP contribution in [-0.4, -0.2) is 13.2 Å². The lowest BCUT2D eigenvalue weighted by Crippen LogP contribution is -2.08. The molecule has 0 amide bonds. The first-order chi connectivity index (χ1) is 6.76. The Morgan fingerprint density at radius 2 is 2.14 bits per heavy atom. The van der Waals surface area contributed by atoms with Crippen LogP contribution in [0.25, 0.3) is 0 Å². The van der Waals surface area contributed by atoms with E-state index in [1.54, 1.807) is 7.11 Å². The summed E-state index contributed by atoms with van der Waals surface area (Å²) in [7, 11) is 1.71. The standard InChI is InChI=1S/C12H15NO/c1-10(14-2)8-12-5-3-4-11(9-12)6-7-13/h3-5,9-10H,6,8H2,1-2H3. The van der Waals surface area contributed by atoms with Crippen LogP contribution in [0, 0.1) is 11.3 Å². The van der Waals surface area contributed by atoms with Gasteiger partial charge in [0.15, 0.2) is 0 Å². The number of benzene rings is 1. The van der Waals surface area contributed by atoms with Crippen molar-refractivity contribution in [3.63, 3.8) is 0 Å². The van der Waals surface area contributed by atoms with Gasteiger partial charge in [0.1, 0.15) is 0 Å². The number of methoxy groups -OCH3 is 1. The van der Waals surface area contributed by atoms with Gasteiger partial charge in [-0.15, -0.1) is 0 Å². The van der Waals surface area contributed by atoms with E-state index in [0.29, 0.717) is 6.42 Å². The Hall–Kier alpha value is -1.33. The van der Waals surface area contributed by atoms with Crippen LogP contribution in [0.3, 0.4) is 0 Å². The van der Waals surface area contributed by atoms with E-state index >= 15 is 0 Å². The predicted molar refractivity (Wildman–Crippen MR) is 55.9 cm³/mol. The van der Waals surface area contributed by atoms with Crippen LogP contribution in [0.5, 0.6) is 0 Å². The summed E-state index contributed by atoms with van der Waals surface area (Å²) in [6, 6.07) is 10.2. The van der Waals surface area contributed by atoms with Crippen LogP contribution < -0.4 is 0 Å². The van der Waals surface area contributed by atoms with Crippen molar-refractivity contribution in [3.05, 3.63) is 35.4 Å². The monoisotopic (exact) mass is 189 g/mol. The van der Waals surface area contributed by atoms with Crippen LogP contribution in [0.15, 0.2) is 24.3 Å². The van der Waals surface area contributed by atoms with Crippen molar-refractivity contribution in [2.45, 2.75) is 25.9 Å². The Bertz CT molecular complexity index is 327. The van der Waals surface area contributed by atoms with Gasteiger partial charge >= 0.3 is 0 Å². The van der Waals surface area contributed by atoms with E-state index in [4.69, 9.17) is 10.00 Å². The molecule has 1 aromatic rings. The molecule has 0 saturated carbocycles. The number of nitrogens with zero attached hydrogens (tertiary/aromatic N) is 1. The van der Waals surface area contributed by atoms with Crippen molar-refractivity contribution < 1.29 is 4.74 Å². The molecule has 1 aromatic carbocycles. The SMILES string of the molecule is COC(C)Cc1cccc(CC#N)c1. The lowest BCUT2D eigenvalue weighted by atomic mass is 10.0. The van der Waals surface area contributed by atoms with Crippen molar-refractivity contribution >= 4 is 0 Å². The third kappa shape index (κ3) is 3.20. The molecule has 0 aliphatic rings. The van der Waals surface area contributed by atoms with Gasteiger partial charge in [-0.3, -0.25) is 0 Å². The first-order valence-corrected chi connectivity index (χ1v) is 4.74. The largest absolute Gasteiger partial charge is 0.381 e. The normalized spacial score (nSPS) is 12.1. The van der Waals surface area contributed by atoms with Crippen molar-refractivity contribution in [1.82, 2.24) is 0 Å². The molecule has 0 heterocycles. The van der Waals surface area contributed by atoms with Crippen LogP contribution >= 0.6 is 0 Å². The number of rotatable bonds is 4. The molecule has 1 unspecified atom stereocenters. The molecule has 1 rings (SSSR count). The first kappa shape index (κ1) is 10.7. The molecule has 0 aliphatic carbocycles. The van der Waals surface area contributed by atoms with E-state index in [1.807, 2.05) is 19.1 Å². The van der Waals surface area contributed by atoms with Crippen molar-refractivity contribution in [1.29, 1.82) is 5.26 Å². The molecule has 0 spiro atoms. The topological polar surface area (TPSA) is 33.0 Å². The summed E-state index contributed by atoms with van der Waals surface area (Å²) in [5.74, 6) is 0. The Morgan fingerprint density at radius 3 is 2.79 bits per heavy atom. The van der Waals surface area contributed by atoms with E-state index < -0.39 is 0 Å². The summed E-state index contributed by atoms with van der Waals surface area (Å²) in [4.78, 5) is 0. The highest BCUT2D eigenvalue weighted by molar-refractivity contribution is 5.25. The average Bonchev–Trinajstić information content (AvgIpc) is 2.19. The van der Waals surface area contributed by atoms with E-state index in [2.05, 4.69) is 18.2 Å². The molecule has 2 nitrogen and oxygen atoms in total. The minimum Gasteiger partial charge on any atom is -0.381 e. The van der Waals surface area contributed by atoms with Gasteiger partial charge in [-0.05, 0) is 24.5 Å². The van der Waals surface area contributed by atoms with Gasteiger partial charge in [-0.1, -0.05) is 24.3 Å². The summed E-state index contributed by atoms with van der Waals surface area (Å²) in [6.07, 6.45) is 1.61. The van der Waals surface area contributed by atoms with Crippen LogP contribution in [0.4, 0.5) is 0 Å². The van der Waals surface area contributed by atoms with Gasteiger partial charge in [-0.25, -0.2) is 0 Å². The summed E-state index contributed by atoms with van der Waals surface area (Å²) in [5, 5.41) is 8.56. The van der Waals surface area contributed by atoms with Crippen molar-refractivity contribution in [2.24, 2.45) is 0 Å². The summed E-state index contributed by atoms with van der Waals surface area (Å²) in [5.41, 5.74) is 2.31. The van der Waals surface area contributed by atoms with Gasteiger partial charge in [-0.2, -0.15) is 5.26 Å². The zero-order chi connectivity index (χ0) is 10.4. The maximum absolute atomic E-state index is 8.56. The quantitative estimate of drug-likeness (QED) is 0.728. The van der Waals surface area contributed by atoms with Crippen molar-refractivity contribution in [3.8, 4) is 6.07 Å². The van der Waals surface area contributed by atoms with E-state index in [9.17, 15) is 0 Å². The second-order valence-electron chi connectivity index (χ2n) is 3.41. The molecule has 0 N–H and O–H groups in total. The highest BCUT2D eigenvalue weighted by Crippen LogP contribution is 2.09. The smallest absolute Gasteiger partial charge is 0.0669 e. The van der Waals surface area contributed by atoms with Crippen molar-refractivity contribution in [2.75, 3.05) is 7.11 Å². The number of ether oxygens (including phenoxy) is 1. The highest BCUT2D eigenvalue weighted by atomic mass is 16.5. The van der Waals surface area contributed by atoms with Gasteiger partial charge in [0.05, 0.1) is 18.6 Å². The zero-order valence-electron chi connectivity index (χ0n) is 8.66. The molecule has 74 valence electrons. The number of hydrogen-bond donors (Lipinski definition) is 0. The second kappa shape index (κ2) is 5.41. The zero-order valence-corrected chi connectivity index (χ0v) is 8.66. The van der Waals surface area contributed by atoms with Crippen LogP contribution in [0.2, 0.25) is 0 Å². The second-order valence-corrected chi connectivity index (χ2v) is 3.41. The third-order valence-electron chi connectivity index (χ3n) is 2.20. The molecule has 0 fully saturated rings. The Morgan fingerprint density at radius 1 is 1.43 bits per heavy atom. The van der Waals surface area contributed by atoms with E-state index in [-0.39, 0.29) is 6.10 Å². The molecule has 0 aliphatic heterocycles. The molecular weight excluding hydrogens is 174 g/mol. The van der Waals surface area contributed by atoms with Crippen LogP contribution in [-0.2, 0) is 17.6 Å². The van der Waals surface area contributed by atoms with E-state index in [0.717, 1.165) is 12.0 Å². The highest BCUT2D eigenvalue weighted by Gasteiger charge is 2.02. The summed E-state index contributed by atoms with van der Waals surface area (Å²) >= 11 is 0. The lowest BCUT2D eigenvalue weighted by molar-refractivity contribution is 0.119. The molecular formula is C12H15NO. The number of hydrogen-bond acceptors (Lipinski definition) is 2. The molecule has 0 bridgehead atoms. The molecule has 0 aromatic heterocycles. The lowest BCUT2D eigenvalue weighted by Gasteiger charge is -2.09. The molecule has 2 heteroatoms. The molecule has 14 heavy (non-hydrogen) atoms. The fourth-order valence-electron chi connectivity index (χ4n) is 1.37. The number of nitriles is 1. The minimum absolute atomic E-state index is 0.229. The third-order valence-corrected chi connectivity index (χ3v) is 2.20. The minimum atomic E-state index is 0.229. The van der Waals surface area contributed by atoms with Gasteiger partial charge < -0.3 is 4.74 Å². The van der Waals surface area contributed by atoms with E-state index in [1.165, 1.54) is 5.56 Å². The fraction of sp³-hybridized carbons (Fsp3) is 0.417. The maximum atomic E-state index is 8.56. The van der Waals surface area contributed by atoms with Gasteiger partial charge in [0.25, 0.3) is 0 Å². The molecule has 1 atom stereocenters. The maximum Gasteiger partial charge on any atom is 0.0669 e. The predicted octanol–water partition coefficient (Wildman–Crippen LogP) is 2.33. The molecule has 0 radical (unpaired) electrons. The average molecular weight is 189 g/mol. The van der Waals surface area contributed by atoms with Gasteiger partial charge in [0, 0.05) is 7.11 Å². The Balaban J connectivity index is 2.69.